The minimum absolute atomic E-state index is 0.340. The number of rotatable bonds is 4. The Hall–Kier alpha value is -2.09. The summed E-state index contributed by atoms with van der Waals surface area (Å²) >= 11 is 2.12. The molecule has 0 saturated heterocycles. The van der Waals surface area contributed by atoms with Crippen molar-refractivity contribution in [2.75, 3.05) is 0 Å². The Morgan fingerprint density at radius 2 is 0.800 bits per heavy atom. The molecule has 0 aliphatic carbocycles. The van der Waals surface area contributed by atoms with E-state index in [0.29, 0.717) is 11.1 Å². The molecule has 0 aliphatic heterocycles. The van der Waals surface area contributed by atoms with Crippen molar-refractivity contribution < 1.29 is 93.1 Å². The number of aliphatic hydroxyl groups is 2. The van der Waals surface area contributed by atoms with Gasteiger partial charge in [-0.2, -0.15) is 0 Å². The predicted molar refractivity (Wildman–Crippen MR) is 84.7 cm³/mol. The molecule has 30 heavy (non-hydrogen) atoms. The predicted octanol–water partition coefficient (Wildman–Crippen LogP) is -1.27. The van der Waals surface area contributed by atoms with Crippen LogP contribution < -0.4 is 10.2 Å². The Labute approximate surface area is 189 Å². The average Bonchev–Trinajstić information content (AvgIpc) is 2.84. The summed E-state index contributed by atoms with van der Waals surface area (Å²) < 4.78 is 16.4. The fraction of sp³-hybridized carbons (Fsp3) is 0.125. The van der Waals surface area contributed by atoms with E-state index in [-0.39, 0.29) is 0 Å². The Morgan fingerprint density at radius 3 is 0.967 bits per heavy atom. The molecule has 2 rings (SSSR count). The van der Waals surface area contributed by atoms with Gasteiger partial charge in [0.2, 0.25) is 0 Å². The summed E-state index contributed by atoms with van der Waals surface area (Å²) in [5.74, 6) is -2.95. The van der Waals surface area contributed by atoms with Gasteiger partial charge in [0.05, 0.1) is 11.9 Å². The Bertz CT molecular complexity index is 588. The molecular weight excluding hydrogens is 486 g/mol. The number of carboxylic acids is 2. The standard InChI is InChI=1S/2C8H8O3.2H2O2.2O.2V/c2*9-7(8(10)11)6-4-2-1-3-5-6;2*1-2;;;;/h2*1-5,7,9H,(H,10,11);2*1-2H;;;;/p-2. The summed E-state index contributed by atoms with van der Waals surface area (Å²) in [6.07, 6.45) is -3.03. The molecule has 0 spiro atoms. The molecule has 0 amide bonds. The van der Waals surface area contributed by atoms with Crippen LogP contribution in [0.4, 0.5) is 0 Å². The van der Waals surface area contributed by atoms with Crippen LogP contribution in [0.25, 0.3) is 0 Å². The zero-order chi connectivity index (χ0) is 24.5. The van der Waals surface area contributed by atoms with E-state index in [9.17, 15) is 19.8 Å². The molecule has 0 aromatic heterocycles. The van der Waals surface area contributed by atoms with Crippen LogP contribution >= 0.6 is 0 Å². The number of carbonyl (C=O) groups is 2. The van der Waals surface area contributed by atoms with Crippen LogP contribution in [0.1, 0.15) is 23.3 Å². The molecule has 0 aliphatic rings. The van der Waals surface area contributed by atoms with Crippen LogP contribution in [0.2, 0.25) is 0 Å². The van der Waals surface area contributed by atoms with Crippen molar-refractivity contribution in [1.82, 2.24) is 0 Å². The topological polar surface area (TPSA) is 236 Å². The van der Waals surface area contributed by atoms with Crippen molar-refractivity contribution in [1.29, 1.82) is 0 Å². The third kappa shape index (κ3) is 18.0. The van der Waals surface area contributed by atoms with Crippen LogP contribution in [0.5, 0.6) is 0 Å². The Balaban J connectivity index is -0.000000169. The maximum absolute atomic E-state index is 10.1. The molecule has 2 aromatic carbocycles. The molecule has 0 saturated carbocycles. The van der Waals surface area contributed by atoms with E-state index in [0.717, 1.165) is 34.7 Å². The molecule has 12 nitrogen and oxygen atoms in total. The van der Waals surface area contributed by atoms with E-state index < -0.39 is 24.1 Å². The average molecular weight is 504 g/mol. The summed E-state index contributed by atoms with van der Waals surface area (Å²) in [4.78, 5) is 20.3. The first-order valence-corrected chi connectivity index (χ1v) is 8.21. The van der Waals surface area contributed by atoms with Crippen LogP contribution in [0.3, 0.4) is 0 Å². The van der Waals surface area contributed by atoms with Gasteiger partial charge in [-0.05, 0) is 11.1 Å². The SMILES string of the molecule is O=C([O-])C(O)c1ccccc1.O=C([O-])C(O)c1ccccc1.OO.OO.[O]=[V].[O]=[V]. The molecule has 0 bridgehead atoms. The molecule has 2 unspecified atom stereocenters. The van der Waals surface area contributed by atoms with Gasteiger partial charge in [0.25, 0.3) is 0 Å². The fourth-order valence-corrected chi connectivity index (χ4v) is 1.54. The molecular formula is C16H18O12V2-2. The first kappa shape index (κ1) is 35.4. The number of carbonyl (C=O) groups excluding carboxylic acids is 2. The third-order valence-corrected chi connectivity index (χ3v) is 2.68. The molecule has 0 fully saturated rings. The monoisotopic (exact) mass is 504 g/mol. The summed E-state index contributed by atoms with van der Waals surface area (Å²) in [7, 11) is 0. The van der Waals surface area contributed by atoms with Crippen molar-refractivity contribution in [3.8, 4) is 0 Å². The molecule has 2 atom stereocenters. The van der Waals surface area contributed by atoms with E-state index in [1.54, 1.807) is 36.4 Å². The van der Waals surface area contributed by atoms with E-state index >= 15 is 0 Å². The van der Waals surface area contributed by atoms with E-state index in [2.05, 4.69) is 0 Å². The first-order chi connectivity index (χ1) is 14.4. The number of aliphatic hydroxyl groups excluding tert-OH is 2. The van der Waals surface area contributed by atoms with E-state index in [4.69, 9.17) is 38.6 Å². The van der Waals surface area contributed by atoms with Gasteiger partial charge in [0.15, 0.2) is 0 Å². The van der Waals surface area contributed by atoms with Crippen LogP contribution in [0.15, 0.2) is 60.7 Å². The zero-order valence-electron chi connectivity index (χ0n) is 15.0. The Morgan fingerprint density at radius 1 is 0.600 bits per heavy atom. The van der Waals surface area contributed by atoms with Gasteiger partial charge < -0.3 is 30.0 Å². The van der Waals surface area contributed by atoms with Gasteiger partial charge in [0.1, 0.15) is 12.2 Å². The molecule has 2 aromatic rings. The van der Waals surface area contributed by atoms with Gasteiger partial charge in [-0.25, -0.2) is 0 Å². The van der Waals surface area contributed by atoms with E-state index in [1.807, 2.05) is 0 Å². The number of hydrogen-bond acceptors (Lipinski definition) is 12. The second-order valence-electron chi connectivity index (χ2n) is 4.26. The van der Waals surface area contributed by atoms with Gasteiger partial charge in [0, 0.05) is 0 Å². The van der Waals surface area contributed by atoms with Crippen molar-refractivity contribution >= 4 is 11.9 Å². The van der Waals surface area contributed by atoms with Crippen LogP contribution in [-0.2, 0) is 51.7 Å². The molecule has 0 heterocycles. The molecule has 14 heteroatoms. The second-order valence-corrected chi connectivity index (χ2v) is 4.26. The number of aliphatic carboxylic acids is 2. The van der Waals surface area contributed by atoms with Crippen molar-refractivity contribution in [2.45, 2.75) is 12.2 Å². The van der Waals surface area contributed by atoms with Gasteiger partial charge >= 0.3 is 42.1 Å². The number of carboxylic acid groups (broad SMARTS) is 2. The van der Waals surface area contributed by atoms with Crippen molar-refractivity contribution in [3.63, 3.8) is 0 Å². The van der Waals surface area contributed by atoms with Gasteiger partial charge in [-0.15, -0.1) is 0 Å². The number of benzene rings is 2. The van der Waals surface area contributed by atoms with Crippen molar-refractivity contribution in [2.24, 2.45) is 0 Å². The fourth-order valence-electron chi connectivity index (χ4n) is 1.54. The summed E-state index contributed by atoms with van der Waals surface area (Å²) in [5, 5.41) is 62.1. The van der Waals surface area contributed by atoms with Crippen LogP contribution in [-0.4, -0.2) is 43.2 Å². The van der Waals surface area contributed by atoms with E-state index in [1.165, 1.54) is 24.3 Å². The van der Waals surface area contributed by atoms with Gasteiger partial charge in [-0.3, -0.25) is 21.0 Å². The van der Waals surface area contributed by atoms with Gasteiger partial charge in [-0.1, -0.05) is 60.7 Å². The second kappa shape index (κ2) is 26.9. The molecule has 6 N–H and O–H groups in total. The quantitative estimate of drug-likeness (QED) is 0.211. The summed E-state index contributed by atoms with van der Waals surface area (Å²) in [5.41, 5.74) is 0.681. The molecule has 0 radical (unpaired) electrons. The molecule has 166 valence electrons. The summed E-state index contributed by atoms with van der Waals surface area (Å²) in [6.45, 7) is 0. The maximum atomic E-state index is 10.1. The summed E-state index contributed by atoms with van der Waals surface area (Å²) in [6, 6.07) is 16.2. The minimum atomic E-state index is -1.52. The third-order valence-electron chi connectivity index (χ3n) is 2.68. The number of hydrogen-bond donors (Lipinski definition) is 6. The Kier molecular flexibility index (Phi) is 31.7. The normalized spacial score (nSPS) is 9.73. The first-order valence-electron chi connectivity index (χ1n) is 7.07. The van der Waals surface area contributed by atoms with Crippen LogP contribution in [0, 0.1) is 0 Å². The zero-order valence-corrected chi connectivity index (χ0v) is 17.7. The van der Waals surface area contributed by atoms with Crippen molar-refractivity contribution in [3.05, 3.63) is 71.8 Å².